The van der Waals surface area contributed by atoms with Gasteiger partial charge in [-0.2, -0.15) is 0 Å². The second kappa shape index (κ2) is 7.87. The van der Waals surface area contributed by atoms with Crippen LogP contribution in [0.1, 0.15) is 36.6 Å². The first-order chi connectivity index (χ1) is 11.3. The van der Waals surface area contributed by atoms with Gasteiger partial charge in [0, 0.05) is 18.7 Å². The Balaban J connectivity index is 1.52. The highest BCUT2D eigenvalue weighted by Crippen LogP contribution is 2.24. The minimum atomic E-state index is -0.181. The number of hydrogen-bond acceptors (Lipinski definition) is 4. The molecule has 0 spiro atoms. The lowest BCUT2D eigenvalue weighted by Gasteiger charge is -2.33. The van der Waals surface area contributed by atoms with Crippen molar-refractivity contribution in [2.45, 2.75) is 31.8 Å². The highest BCUT2D eigenvalue weighted by Gasteiger charge is 2.24. The van der Waals surface area contributed by atoms with Crippen molar-refractivity contribution in [2.24, 2.45) is 0 Å². The predicted octanol–water partition coefficient (Wildman–Crippen LogP) is 2.90. The Labute approximate surface area is 135 Å². The summed E-state index contributed by atoms with van der Waals surface area (Å²) in [7, 11) is 0. The van der Waals surface area contributed by atoms with Crippen LogP contribution >= 0.6 is 0 Å². The summed E-state index contributed by atoms with van der Waals surface area (Å²) in [4.78, 5) is 14.4. The summed E-state index contributed by atoms with van der Waals surface area (Å²) in [6.07, 6.45) is 8.58. The van der Waals surface area contributed by atoms with Crippen LogP contribution in [0.4, 0.5) is 4.79 Å². The largest absolute Gasteiger partial charge is 0.472 e. The topological polar surface area (TPSA) is 70.6 Å². The number of likely N-dealkylation sites (tertiary alicyclic amines) is 1. The number of furan rings is 2. The lowest BCUT2D eigenvalue weighted by molar-refractivity contribution is 0.143. The van der Waals surface area contributed by atoms with Crippen molar-refractivity contribution < 1.29 is 13.6 Å². The lowest BCUT2D eigenvalue weighted by atomic mass is 10.1. The predicted molar refractivity (Wildman–Crippen MR) is 85.8 cm³/mol. The van der Waals surface area contributed by atoms with E-state index >= 15 is 0 Å². The van der Waals surface area contributed by atoms with E-state index in [1.54, 1.807) is 18.8 Å². The SMILES string of the molecule is O=C(NCc1ccoc1)NC[C@@H](c1ccco1)N1CCCCC1. The van der Waals surface area contributed by atoms with Crippen LogP contribution in [-0.2, 0) is 6.54 Å². The molecule has 3 heterocycles. The van der Waals surface area contributed by atoms with Gasteiger partial charge in [-0.3, -0.25) is 4.90 Å². The highest BCUT2D eigenvalue weighted by molar-refractivity contribution is 5.73. The van der Waals surface area contributed by atoms with E-state index < -0.39 is 0 Å². The van der Waals surface area contributed by atoms with Crippen LogP contribution in [0, 0.1) is 0 Å². The second-order valence-electron chi connectivity index (χ2n) is 5.82. The van der Waals surface area contributed by atoms with E-state index in [-0.39, 0.29) is 12.1 Å². The van der Waals surface area contributed by atoms with E-state index in [1.807, 2.05) is 18.2 Å². The number of hydrogen-bond donors (Lipinski definition) is 2. The summed E-state index contributed by atoms with van der Waals surface area (Å²) in [5.74, 6) is 0.905. The number of amides is 2. The van der Waals surface area contributed by atoms with Crippen molar-refractivity contribution in [3.8, 4) is 0 Å². The quantitative estimate of drug-likeness (QED) is 0.859. The van der Waals surface area contributed by atoms with Crippen molar-refractivity contribution in [3.63, 3.8) is 0 Å². The molecule has 0 saturated carbocycles. The van der Waals surface area contributed by atoms with Gasteiger partial charge in [-0.15, -0.1) is 0 Å². The fourth-order valence-corrected chi connectivity index (χ4v) is 2.95. The van der Waals surface area contributed by atoms with Crippen molar-refractivity contribution >= 4 is 6.03 Å². The molecule has 1 atom stereocenters. The van der Waals surface area contributed by atoms with Crippen molar-refractivity contribution in [1.82, 2.24) is 15.5 Å². The number of urea groups is 1. The van der Waals surface area contributed by atoms with Gasteiger partial charge in [0.05, 0.1) is 24.8 Å². The van der Waals surface area contributed by atoms with Crippen molar-refractivity contribution in [3.05, 3.63) is 48.3 Å². The van der Waals surface area contributed by atoms with Crippen LogP contribution < -0.4 is 10.6 Å². The third-order valence-electron chi connectivity index (χ3n) is 4.19. The summed E-state index contributed by atoms with van der Waals surface area (Å²) in [5.41, 5.74) is 0.943. The summed E-state index contributed by atoms with van der Waals surface area (Å²) in [5, 5.41) is 5.78. The molecule has 1 aliphatic heterocycles. The normalized spacial score (nSPS) is 16.9. The molecule has 1 aliphatic rings. The molecular weight excluding hydrogens is 294 g/mol. The molecule has 23 heavy (non-hydrogen) atoms. The molecule has 2 aromatic heterocycles. The number of carbonyl (C=O) groups excluding carboxylic acids is 1. The standard InChI is InChI=1S/C17H23N3O3/c21-17(18-11-14-6-10-22-13-14)19-12-15(16-5-4-9-23-16)20-7-2-1-3-8-20/h4-6,9-10,13,15H,1-3,7-8,11-12H2,(H2,18,19,21)/t15-/m0/s1. The van der Waals surface area contributed by atoms with Crippen LogP contribution in [0.2, 0.25) is 0 Å². The van der Waals surface area contributed by atoms with Gasteiger partial charge in [0.1, 0.15) is 5.76 Å². The molecule has 6 heteroatoms. The number of nitrogens with one attached hydrogen (secondary N) is 2. The van der Waals surface area contributed by atoms with Gasteiger partial charge in [-0.1, -0.05) is 6.42 Å². The smallest absolute Gasteiger partial charge is 0.315 e. The molecule has 1 saturated heterocycles. The zero-order valence-corrected chi connectivity index (χ0v) is 13.2. The monoisotopic (exact) mass is 317 g/mol. The number of carbonyl (C=O) groups is 1. The van der Waals surface area contributed by atoms with E-state index in [9.17, 15) is 4.79 Å². The van der Waals surface area contributed by atoms with E-state index in [4.69, 9.17) is 8.83 Å². The molecule has 3 rings (SSSR count). The summed E-state index contributed by atoms with van der Waals surface area (Å²) in [6, 6.07) is 5.61. The van der Waals surface area contributed by atoms with E-state index in [0.717, 1.165) is 24.4 Å². The third-order valence-corrected chi connectivity index (χ3v) is 4.19. The van der Waals surface area contributed by atoms with Crippen LogP contribution in [0.3, 0.4) is 0 Å². The second-order valence-corrected chi connectivity index (χ2v) is 5.82. The summed E-state index contributed by atoms with van der Waals surface area (Å²) in [6.45, 7) is 3.08. The minimum absolute atomic E-state index is 0.0879. The minimum Gasteiger partial charge on any atom is -0.472 e. The molecule has 124 valence electrons. The maximum atomic E-state index is 12.0. The molecular formula is C17H23N3O3. The first-order valence-corrected chi connectivity index (χ1v) is 8.13. The first kappa shape index (κ1) is 15.7. The summed E-state index contributed by atoms with van der Waals surface area (Å²) < 4.78 is 10.6. The lowest BCUT2D eigenvalue weighted by Crippen LogP contribution is -2.43. The first-order valence-electron chi connectivity index (χ1n) is 8.13. The average molecular weight is 317 g/mol. The Hall–Kier alpha value is -2.21. The van der Waals surface area contributed by atoms with Gasteiger partial charge in [-0.25, -0.2) is 4.79 Å². The van der Waals surface area contributed by atoms with E-state index in [0.29, 0.717) is 13.1 Å². The average Bonchev–Trinajstić information content (AvgIpc) is 3.28. The number of rotatable bonds is 6. The van der Waals surface area contributed by atoms with Gasteiger partial charge >= 0.3 is 6.03 Å². The Bertz CT molecular complexity index is 574. The number of nitrogens with zero attached hydrogens (tertiary/aromatic N) is 1. The maximum Gasteiger partial charge on any atom is 0.315 e. The molecule has 2 N–H and O–H groups in total. The third kappa shape index (κ3) is 4.39. The van der Waals surface area contributed by atoms with Gasteiger partial charge in [0.15, 0.2) is 0 Å². The molecule has 1 fully saturated rings. The number of piperidine rings is 1. The molecule has 0 aromatic carbocycles. The molecule has 2 amide bonds. The van der Waals surface area contributed by atoms with Crippen LogP contribution in [0.15, 0.2) is 45.8 Å². The Morgan fingerprint density at radius 1 is 1.17 bits per heavy atom. The van der Waals surface area contributed by atoms with E-state index in [2.05, 4.69) is 15.5 Å². The van der Waals surface area contributed by atoms with Gasteiger partial charge < -0.3 is 19.5 Å². The zero-order chi connectivity index (χ0) is 15.9. The van der Waals surface area contributed by atoms with Crippen molar-refractivity contribution in [2.75, 3.05) is 19.6 Å². The van der Waals surface area contributed by atoms with Crippen LogP contribution in [-0.4, -0.2) is 30.6 Å². The maximum absolute atomic E-state index is 12.0. The fraction of sp³-hybridized carbons (Fsp3) is 0.471. The van der Waals surface area contributed by atoms with Crippen LogP contribution in [0.25, 0.3) is 0 Å². The molecule has 0 radical (unpaired) electrons. The van der Waals surface area contributed by atoms with E-state index in [1.165, 1.54) is 19.3 Å². The Kier molecular flexibility index (Phi) is 5.37. The van der Waals surface area contributed by atoms with Gasteiger partial charge in [0.2, 0.25) is 0 Å². The zero-order valence-electron chi connectivity index (χ0n) is 13.2. The molecule has 6 nitrogen and oxygen atoms in total. The van der Waals surface area contributed by atoms with Crippen LogP contribution in [0.5, 0.6) is 0 Å². The summed E-state index contributed by atoms with van der Waals surface area (Å²) >= 11 is 0. The Morgan fingerprint density at radius 3 is 2.74 bits per heavy atom. The molecule has 2 aromatic rings. The Morgan fingerprint density at radius 2 is 2.04 bits per heavy atom. The highest BCUT2D eigenvalue weighted by atomic mass is 16.3. The van der Waals surface area contributed by atoms with Gasteiger partial charge in [-0.05, 0) is 44.1 Å². The van der Waals surface area contributed by atoms with Crippen molar-refractivity contribution in [1.29, 1.82) is 0 Å². The van der Waals surface area contributed by atoms with Gasteiger partial charge in [0.25, 0.3) is 0 Å². The molecule has 0 bridgehead atoms. The molecule has 0 aliphatic carbocycles. The molecule has 0 unspecified atom stereocenters. The fourth-order valence-electron chi connectivity index (χ4n) is 2.95.